The molecule has 0 N–H and O–H groups in total. The van der Waals surface area contributed by atoms with Gasteiger partial charge in [-0.2, -0.15) is 5.26 Å². The molecule has 1 amide bonds. The Morgan fingerprint density at radius 1 is 1.14 bits per heavy atom. The van der Waals surface area contributed by atoms with Crippen LogP contribution in [0.5, 0.6) is 0 Å². The first kappa shape index (κ1) is 14.6. The molecule has 0 atom stereocenters. The number of benzene rings is 2. The van der Waals surface area contributed by atoms with Gasteiger partial charge in [-0.25, -0.2) is 13.2 Å². The summed E-state index contributed by atoms with van der Waals surface area (Å²) in [6.45, 7) is 0. The number of nitriles is 1. The minimum atomic E-state index is -1.62. The van der Waals surface area contributed by atoms with Crippen molar-refractivity contribution in [2.24, 2.45) is 0 Å². The molecule has 0 radical (unpaired) electrons. The molecule has 0 fully saturated rings. The molecule has 106 valence electrons. The van der Waals surface area contributed by atoms with Gasteiger partial charge in [0.2, 0.25) is 0 Å². The summed E-state index contributed by atoms with van der Waals surface area (Å²) < 4.78 is 39.2. The summed E-state index contributed by atoms with van der Waals surface area (Å²) in [7, 11) is 1.39. The van der Waals surface area contributed by atoms with Crippen LogP contribution in [0.3, 0.4) is 0 Å². The van der Waals surface area contributed by atoms with Crippen LogP contribution in [-0.4, -0.2) is 13.0 Å². The first-order valence-electron chi connectivity index (χ1n) is 5.87. The zero-order chi connectivity index (χ0) is 15.6. The molecule has 0 bridgehead atoms. The van der Waals surface area contributed by atoms with Crippen LogP contribution in [0.2, 0.25) is 0 Å². The smallest absolute Gasteiger partial charge is 0.258 e. The molecule has 2 aromatic rings. The zero-order valence-electron chi connectivity index (χ0n) is 10.9. The van der Waals surface area contributed by atoms with Crippen LogP contribution >= 0.6 is 0 Å². The largest absolute Gasteiger partial charge is 0.311 e. The van der Waals surface area contributed by atoms with Crippen LogP contribution < -0.4 is 4.90 Å². The van der Waals surface area contributed by atoms with Crippen LogP contribution in [-0.2, 0) is 0 Å². The van der Waals surface area contributed by atoms with E-state index in [1.807, 2.05) is 6.07 Å². The molecule has 0 aliphatic heterocycles. The Labute approximate surface area is 118 Å². The van der Waals surface area contributed by atoms with E-state index in [9.17, 15) is 18.0 Å². The van der Waals surface area contributed by atoms with E-state index in [4.69, 9.17) is 5.26 Å². The van der Waals surface area contributed by atoms with Crippen molar-refractivity contribution in [3.8, 4) is 6.07 Å². The third-order valence-corrected chi connectivity index (χ3v) is 2.90. The highest BCUT2D eigenvalue weighted by Gasteiger charge is 2.19. The standard InChI is InChI=1S/C15H9F3N2O/c1-20(11-4-2-3-9(5-11)8-19)15(21)10-6-12(16)14(18)13(17)7-10/h2-7H,1H3. The van der Waals surface area contributed by atoms with Crippen molar-refractivity contribution in [3.05, 3.63) is 65.0 Å². The lowest BCUT2D eigenvalue weighted by molar-refractivity contribution is 0.0992. The first-order valence-corrected chi connectivity index (χ1v) is 5.87. The number of anilines is 1. The molecule has 0 spiro atoms. The average molecular weight is 290 g/mol. The van der Waals surface area contributed by atoms with Crippen molar-refractivity contribution < 1.29 is 18.0 Å². The van der Waals surface area contributed by atoms with E-state index in [2.05, 4.69) is 0 Å². The molecule has 0 heterocycles. The van der Waals surface area contributed by atoms with Crippen LogP contribution in [0.1, 0.15) is 15.9 Å². The highest BCUT2D eigenvalue weighted by atomic mass is 19.2. The quantitative estimate of drug-likeness (QED) is 0.797. The lowest BCUT2D eigenvalue weighted by atomic mass is 10.1. The monoisotopic (exact) mass is 290 g/mol. The highest BCUT2D eigenvalue weighted by molar-refractivity contribution is 6.05. The predicted molar refractivity (Wildman–Crippen MR) is 70.2 cm³/mol. The number of carbonyl (C=O) groups excluding carboxylic acids is 1. The topological polar surface area (TPSA) is 44.1 Å². The van der Waals surface area contributed by atoms with E-state index in [1.165, 1.54) is 13.1 Å². The summed E-state index contributed by atoms with van der Waals surface area (Å²) in [5.41, 5.74) is 0.393. The Bertz CT molecular complexity index is 730. The third kappa shape index (κ3) is 2.87. The van der Waals surface area contributed by atoms with Gasteiger partial charge in [0.05, 0.1) is 11.6 Å². The van der Waals surface area contributed by atoms with Gasteiger partial charge >= 0.3 is 0 Å². The number of nitrogens with zero attached hydrogens (tertiary/aromatic N) is 2. The molecule has 0 unspecified atom stereocenters. The van der Waals surface area contributed by atoms with Crippen LogP contribution in [0.15, 0.2) is 36.4 Å². The second-order valence-corrected chi connectivity index (χ2v) is 4.28. The summed E-state index contributed by atoms with van der Waals surface area (Å²) in [4.78, 5) is 13.3. The van der Waals surface area contributed by atoms with Crippen LogP contribution in [0, 0.1) is 28.8 Å². The summed E-state index contributed by atoms with van der Waals surface area (Å²) in [6, 6.07) is 9.32. The van der Waals surface area contributed by atoms with Gasteiger partial charge in [-0.1, -0.05) is 6.07 Å². The van der Waals surface area contributed by atoms with Gasteiger partial charge in [0.15, 0.2) is 17.5 Å². The number of amides is 1. The maximum atomic E-state index is 13.2. The third-order valence-electron chi connectivity index (χ3n) is 2.90. The predicted octanol–water partition coefficient (Wildman–Crippen LogP) is 3.25. The van der Waals surface area contributed by atoms with Gasteiger partial charge in [-0.05, 0) is 30.3 Å². The summed E-state index contributed by atoms with van der Waals surface area (Å²) in [5, 5.41) is 8.81. The van der Waals surface area contributed by atoms with Crippen LogP contribution in [0.4, 0.5) is 18.9 Å². The molecular weight excluding hydrogens is 281 g/mol. The van der Waals surface area contributed by atoms with E-state index in [-0.39, 0.29) is 5.56 Å². The van der Waals surface area contributed by atoms with Crippen LogP contribution in [0.25, 0.3) is 0 Å². The zero-order valence-corrected chi connectivity index (χ0v) is 10.9. The summed E-state index contributed by atoms with van der Waals surface area (Å²) in [6.07, 6.45) is 0. The van der Waals surface area contributed by atoms with Gasteiger partial charge in [0, 0.05) is 18.3 Å². The van der Waals surface area contributed by atoms with E-state index >= 15 is 0 Å². The Balaban J connectivity index is 2.37. The van der Waals surface area contributed by atoms with Gasteiger partial charge < -0.3 is 4.90 Å². The summed E-state index contributed by atoms with van der Waals surface area (Å²) in [5.74, 6) is -5.21. The van der Waals surface area contributed by atoms with Gasteiger partial charge in [-0.3, -0.25) is 4.79 Å². The molecule has 0 saturated carbocycles. The van der Waals surface area contributed by atoms with Crippen molar-refractivity contribution in [1.82, 2.24) is 0 Å². The number of halogens is 3. The fourth-order valence-corrected chi connectivity index (χ4v) is 1.77. The number of hydrogen-bond acceptors (Lipinski definition) is 2. The van der Waals surface area contributed by atoms with Gasteiger partial charge in [0.25, 0.3) is 5.91 Å². The van der Waals surface area contributed by atoms with E-state index in [0.29, 0.717) is 23.4 Å². The Kier molecular flexibility index (Phi) is 3.94. The normalized spacial score (nSPS) is 10.0. The van der Waals surface area contributed by atoms with Gasteiger partial charge in [0.1, 0.15) is 0 Å². The highest BCUT2D eigenvalue weighted by Crippen LogP contribution is 2.19. The van der Waals surface area contributed by atoms with E-state index in [0.717, 1.165) is 4.90 Å². The molecular formula is C15H9F3N2O. The molecule has 0 saturated heterocycles. The molecule has 2 rings (SSSR count). The van der Waals surface area contributed by atoms with Crippen molar-refractivity contribution in [3.63, 3.8) is 0 Å². The molecule has 3 nitrogen and oxygen atoms in total. The molecule has 0 aromatic heterocycles. The van der Waals surface area contributed by atoms with Crippen molar-refractivity contribution in [2.45, 2.75) is 0 Å². The Morgan fingerprint density at radius 3 is 2.33 bits per heavy atom. The van der Waals surface area contributed by atoms with Crippen molar-refractivity contribution in [2.75, 3.05) is 11.9 Å². The minimum absolute atomic E-state index is 0.323. The average Bonchev–Trinajstić information content (AvgIpc) is 2.50. The Hall–Kier alpha value is -2.81. The van der Waals surface area contributed by atoms with E-state index < -0.39 is 23.4 Å². The first-order chi connectivity index (χ1) is 9.93. The van der Waals surface area contributed by atoms with Crippen molar-refractivity contribution >= 4 is 11.6 Å². The summed E-state index contributed by atoms with van der Waals surface area (Å²) >= 11 is 0. The number of hydrogen-bond donors (Lipinski definition) is 0. The second-order valence-electron chi connectivity index (χ2n) is 4.28. The SMILES string of the molecule is CN(C(=O)c1cc(F)c(F)c(F)c1)c1cccc(C#N)c1. The number of carbonyl (C=O) groups is 1. The molecule has 21 heavy (non-hydrogen) atoms. The Morgan fingerprint density at radius 2 is 1.76 bits per heavy atom. The molecule has 0 aliphatic rings. The second kappa shape index (κ2) is 5.67. The lowest BCUT2D eigenvalue weighted by Gasteiger charge is -2.17. The fraction of sp³-hybridized carbons (Fsp3) is 0.0667. The maximum Gasteiger partial charge on any atom is 0.258 e. The molecule has 0 aliphatic carbocycles. The van der Waals surface area contributed by atoms with Gasteiger partial charge in [-0.15, -0.1) is 0 Å². The fourth-order valence-electron chi connectivity index (χ4n) is 1.77. The van der Waals surface area contributed by atoms with Crippen molar-refractivity contribution in [1.29, 1.82) is 5.26 Å². The molecule has 2 aromatic carbocycles. The number of rotatable bonds is 2. The molecule has 6 heteroatoms. The van der Waals surface area contributed by atoms with E-state index in [1.54, 1.807) is 18.2 Å². The maximum absolute atomic E-state index is 13.2. The lowest BCUT2D eigenvalue weighted by Crippen LogP contribution is -2.26. The minimum Gasteiger partial charge on any atom is -0.311 e.